The van der Waals surface area contributed by atoms with Crippen LogP contribution in [0.25, 0.3) is 0 Å². The summed E-state index contributed by atoms with van der Waals surface area (Å²) in [4.78, 5) is 26.4. The van der Waals surface area contributed by atoms with E-state index in [0.29, 0.717) is 23.9 Å². The third kappa shape index (κ3) is 7.31. The van der Waals surface area contributed by atoms with E-state index in [1.165, 1.54) is 0 Å². The molecule has 2 N–H and O–H groups in total. The minimum absolute atomic E-state index is 0.0408. The van der Waals surface area contributed by atoms with Crippen molar-refractivity contribution in [2.24, 2.45) is 0 Å². The summed E-state index contributed by atoms with van der Waals surface area (Å²) in [5, 5.41) is 5.88. The minimum atomic E-state index is -0.0740. The molecule has 0 saturated heterocycles. The van der Waals surface area contributed by atoms with Gasteiger partial charge < -0.3 is 20.3 Å². The molecule has 1 saturated carbocycles. The lowest BCUT2D eigenvalue weighted by Gasteiger charge is -2.22. The summed E-state index contributed by atoms with van der Waals surface area (Å²) in [6, 6.07) is 15.8. The molecule has 0 atom stereocenters. The van der Waals surface area contributed by atoms with Gasteiger partial charge in [0.05, 0.1) is 0 Å². The van der Waals surface area contributed by atoms with Crippen LogP contribution in [0.4, 0.5) is 5.69 Å². The fourth-order valence-electron chi connectivity index (χ4n) is 3.38. The van der Waals surface area contributed by atoms with Crippen LogP contribution in [0.5, 0.6) is 5.75 Å². The average Bonchev–Trinajstić information content (AvgIpc) is 3.61. The van der Waals surface area contributed by atoms with E-state index in [0.717, 1.165) is 50.0 Å². The number of amides is 2. The Morgan fingerprint density at radius 1 is 1.03 bits per heavy atom. The van der Waals surface area contributed by atoms with Crippen LogP contribution in [0, 0.1) is 0 Å². The molecule has 1 aliphatic rings. The molecule has 2 aromatic rings. The van der Waals surface area contributed by atoms with Gasteiger partial charge in [0.1, 0.15) is 5.75 Å². The van der Waals surface area contributed by atoms with Gasteiger partial charge in [-0.1, -0.05) is 19.1 Å². The van der Waals surface area contributed by atoms with Crippen molar-refractivity contribution in [1.29, 1.82) is 0 Å². The number of nitrogens with one attached hydrogen (secondary N) is 2. The van der Waals surface area contributed by atoms with Gasteiger partial charge in [0.25, 0.3) is 11.8 Å². The normalized spacial score (nSPS) is 12.8. The first-order valence-corrected chi connectivity index (χ1v) is 11.2. The maximum Gasteiger partial charge on any atom is 0.258 e. The first kappa shape index (κ1) is 22.7. The summed E-state index contributed by atoms with van der Waals surface area (Å²) >= 11 is 0. The fourth-order valence-corrected chi connectivity index (χ4v) is 3.38. The first-order chi connectivity index (χ1) is 15.1. The average molecular weight is 424 g/mol. The van der Waals surface area contributed by atoms with Crippen molar-refractivity contribution in [3.63, 3.8) is 0 Å². The van der Waals surface area contributed by atoms with Gasteiger partial charge in [-0.05, 0) is 74.6 Å². The lowest BCUT2D eigenvalue weighted by molar-refractivity contribution is -0.123. The van der Waals surface area contributed by atoms with Crippen LogP contribution in [-0.4, -0.2) is 44.1 Å². The van der Waals surface area contributed by atoms with Gasteiger partial charge in [0.15, 0.2) is 6.61 Å². The van der Waals surface area contributed by atoms with Crippen molar-refractivity contribution in [3.8, 4) is 5.75 Å². The van der Waals surface area contributed by atoms with Crippen LogP contribution >= 0.6 is 0 Å². The molecule has 2 amide bonds. The van der Waals surface area contributed by atoms with Gasteiger partial charge in [-0.15, -0.1) is 0 Å². The standard InChI is InChI=1S/C25H33N3O3/c1-3-17-28(4-2)22-11-7-20(8-12-22)25(30)26-16-15-19-5-13-23(14-6-19)31-18-24(29)27-21-9-10-21/h5-8,11-14,21H,3-4,9-10,15-18H2,1-2H3,(H,26,30)(H,27,29). The number of hydrogen-bond acceptors (Lipinski definition) is 4. The molecule has 6 nitrogen and oxygen atoms in total. The van der Waals surface area contributed by atoms with E-state index in [1.54, 1.807) is 0 Å². The van der Waals surface area contributed by atoms with Gasteiger partial charge in [-0.25, -0.2) is 0 Å². The van der Waals surface area contributed by atoms with E-state index >= 15 is 0 Å². The van der Waals surface area contributed by atoms with E-state index in [4.69, 9.17) is 4.74 Å². The zero-order valence-electron chi connectivity index (χ0n) is 18.5. The quantitative estimate of drug-likeness (QED) is 0.548. The maximum absolute atomic E-state index is 12.4. The number of carbonyl (C=O) groups is 2. The lowest BCUT2D eigenvalue weighted by Crippen LogP contribution is -2.30. The SMILES string of the molecule is CCCN(CC)c1ccc(C(=O)NCCc2ccc(OCC(=O)NC3CC3)cc2)cc1. The van der Waals surface area contributed by atoms with E-state index in [1.807, 2.05) is 48.5 Å². The van der Waals surface area contributed by atoms with Crippen molar-refractivity contribution < 1.29 is 14.3 Å². The number of carbonyl (C=O) groups excluding carboxylic acids is 2. The molecule has 1 fully saturated rings. The Morgan fingerprint density at radius 3 is 2.35 bits per heavy atom. The van der Waals surface area contributed by atoms with Crippen LogP contribution in [0.15, 0.2) is 48.5 Å². The second-order valence-corrected chi connectivity index (χ2v) is 7.91. The van der Waals surface area contributed by atoms with E-state index in [-0.39, 0.29) is 18.4 Å². The third-order valence-corrected chi connectivity index (χ3v) is 5.30. The van der Waals surface area contributed by atoms with E-state index in [2.05, 4.69) is 29.4 Å². The Labute approximate surface area is 185 Å². The van der Waals surface area contributed by atoms with Gasteiger partial charge >= 0.3 is 0 Å². The lowest BCUT2D eigenvalue weighted by atomic mass is 10.1. The summed E-state index contributed by atoms with van der Waals surface area (Å²) in [7, 11) is 0. The number of nitrogens with zero attached hydrogens (tertiary/aromatic N) is 1. The highest BCUT2D eigenvalue weighted by Crippen LogP contribution is 2.19. The van der Waals surface area contributed by atoms with Gasteiger partial charge in [-0.3, -0.25) is 9.59 Å². The Hall–Kier alpha value is -3.02. The van der Waals surface area contributed by atoms with Crippen LogP contribution in [0.1, 0.15) is 49.0 Å². The van der Waals surface area contributed by atoms with Crippen molar-refractivity contribution in [3.05, 3.63) is 59.7 Å². The zero-order valence-corrected chi connectivity index (χ0v) is 18.5. The Bertz CT molecular complexity index is 845. The third-order valence-electron chi connectivity index (χ3n) is 5.30. The van der Waals surface area contributed by atoms with Crippen molar-refractivity contribution in [1.82, 2.24) is 10.6 Å². The molecular weight excluding hydrogens is 390 g/mol. The Balaban J connectivity index is 1.39. The molecule has 1 aliphatic carbocycles. The molecule has 6 heteroatoms. The molecule has 0 bridgehead atoms. The molecule has 0 aromatic heterocycles. The topological polar surface area (TPSA) is 70.7 Å². The molecule has 166 valence electrons. The van der Waals surface area contributed by atoms with Gasteiger partial charge in [0.2, 0.25) is 0 Å². The second-order valence-electron chi connectivity index (χ2n) is 7.91. The largest absolute Gasteiger partial charge is 0.484 e. The summed E-state index contributed by atoms with van der Waals surface area (Å²) < 4.78 is 5.52. The monoisotopic (exact) mass is 423 g/mol. The summed E-state index contributed by atoms with van der Waals surface area (Å²) in [5.74, 6) is 0.532. The molecule has 2 aromatic carbocycles. The summed E-state index contributed by atoms with van der Waals surface area (Å²) in [6.45, 7) is 6.87. The molecule has 31 heavy (non-hydrogen) atoms. The summed E-state index contributed by atoms with van der Waals surface area (Å²) in [5.41, 5.74) is 2.92. The molecule has 0 heterocycles. The molecule has 0 radical (unpaired) electrons. The Kier molecular flexibility index (Phi) is 8.33. The van der Waals surface area contributed by atoms with Crippen LogP contribution in [0.2, 0.25) is 0 Å². The highest BCUT2D eigenvalue weighted by Gasteiger charge is 2.23. The second kappa shape index (κ2) is 11.4. The number of ether oxygens (including phenoxy) is 1. The fraction of sp³-hybridized carbons (Fsp3) is 0.440. The minimum Gasteiger partial charge on any atom is -0.484 e. The molecular formula is C25H33N3O3. The van der Waals surface area contributed by atoms with E-state index in [9.17, 15) is 9.59 Å². The van der Waals surface area contributed by atoms with Crippen molar-refractivity contribution in [2.75, 3.05) is 31.1 Å². The molecule has 0 spiro atoms. The molecule has 0 unspecified atom stereocenters. The zero-order chi connectivity index (χ0) is 22.1. The number of hydrogen-bond donors (Lipinski definition) is 2. The predicted molar refractivity (Wildman–Crippen MR) is 124 cm³/mol. The first-order valence-electron chi connectivity index (χ1n) is 11.2. The van der Waals surface area contributed by atoms with Crippen molar-refractivity contribution >= 4 is 17.5 Å². The maximum atomic E-state index is 12.4. The summed E-state index contributed by atoms with van der Waals surface area (Å²) in [6.07, 6.45) is 3.96. The smallest absolute Gasteiger partial charge is 0.258 e. The van der Waals surface area contributed by atoms with Gasteiger partial charge in [0, 0.05) is 36.9 Å². The highest BCUT2D eigenvalue weighted by molar-refractivity contribution is 5.94. The van der Waals surface area contributed by atoms with Crippen LogP contribution in [0.3, 0.4) is 0 Å². The van der Waals surface area contributed by atoms with E-state index < -0.39 is 0 Å². The highest BCUT2D eigenvalue weighted by atomic mass is 16.5. The molecule has 3 rings (SSSR count). The van der Waals surface area contributed by atoms with Gasteiger partial charge in [-0.2, -0.15) is 0 Å². The molecule has 0 aliphatic heterocycles. The predicted octanol–water partition coefficient (Wildman–Crippen LogP) is 3.55. The number of rotatable bonds is 12. The van der Waals surface area contributed by atoms with Crippen LogP contribution in [-0.2, 0) is 11.2 Å². The Morgan fingerprint density at radius 2 is 1.74 bits per heavy atom. The number of benzene rings is 2. The number of anilines is 1. The van der Waals surface area contributed by atoms with Crippen LogP contribution < -0.4 is 20.3 Å². The van der Waals surface area contributed by atoms with Crippen molar-refractivity contribution in [2.45, 2.75) is 45.6 Å².